The number of hydrogen-bond acceptors (Lipinski definition) is 5. The van der Waals surface area contributed by atoms with E-state index in [2.05, 4.69) is 17.3 Å². The molecule has 4 rings (SSSR count). The minimum atomic E-state index is -0.396. The van der Waals surface area contributed by atoms with Crippen LogP contribution in [-0.4, -0.2) is 28.3 Å². The number of rotatable bonds is 5. The molecule has 1 aliphatic rings. The van der Waals surface area contributed by atoms with Gasteiger partial charge in [0.1, 0.15) is 15.7 Å². The maximum atomic E-state index is 13.2. The second kappa shape index (κ2) is 8.85. The van der Waals surface area contributed by atoms with Gasteiger partial charge >= 0.3 is 5.97 Å². The number of ether oxygens (including phenoxy) is 1. The van der Waals surface area contributed by atoms with E-state index in [9.17, 15) is 9.59 Å². The predicted octanol–water partition coefficient (Wildman–Crippen LogP) is 5.45. The Morgan fingerprint density at radius 3 is 2.74 bits per heavy atom. The fourth-order valence-electron chi connectivity index (χ4n) is 3.92. The van der Waals surface area contributed by atoms with Crippen molar-refractivity contribution in [2.75, 3.05) is 11.9 Å². The van der Waals surface area contributed by atoms with Gasteiger partial charge in [-0.1, -0.05) is 36.7 Å². The lowest BCUT2D eigenvalue weighted by molar-refractivity contribution is 0.0526. The van der Waals surface area contributed by atoms with Gasteiger partial charge in [-0.2, -0.15) is 5.10 Å². The van der Waals surface area contributed by atoms with Crippen LogP contribution in [0.15, 0.2) is 30.3 Å². The van der Waals surface area contributed by atoms with Gasteiger partial charge in [0.25, 0.3) is 5.91 Å². The van der Waals surface area contributed by atoms with Gasteiger partial charge < -0.3 is 10.1 Å². The molecule has 8 heteroatoms. The number of anilines is 1. The number of amides is 1. The lowest BCUT2D eigenvalue weighted by Crippen LogP contribution is -2.17. The first-order valence-electron chi connectivity index (χ1n) is 10.3. The molecule has 0 radical (unpaired) electrons. The number of carbonyl (C=O) groups excluding carboxylic acids is 2. The summed E-state index contributed by atoms with van der Waals surface area (Å²) in [4.78, 5) is 27.1. The van der Waals surface area contributed by atoms with E-state index in [4.69, 9.17) is 16.3 Å². The summed E-state index contributed by atoms with van der Waals surface area (Å²) in [7, 11) is 0. The molecule has 0 saturated heterocycles. The van der Waals surface area contributed by atoms with Crippen molar-refractivity contribution < 1.29 is 14.3 Å². The number of aromatic nitrogens is 2. The highest BCUT2D eigenvalue weighted by atomic mass is 35.5. The molecule has 0 fully saturated rings. The third-order valence-electron chi connectivity index (χ3n) is 5.45. The summed E-state index contributed by atoms with van der Waals surface area (Å²) in [5, 5.41) is 8.12. The first kappa shape index (κ1) is 21.6. The number of carbonyl (C=O) groups is 2. The standard InChI is InChI=1S/C23H24ClN3O3S/c1-4-30-23(29)19-16-11-10-13(2)12-17(16)31-22(19)25-21(28)18-14(3)26-27(20(18)24)15-8-6-5-7-9-15/h5-9,13H,4,10-12H2,1-3H3,(H,25,28). The average Bonchev–Trinajstić information content (AvgIpc) is 3.24. The van der Waals surface area contributed by atoms with Crippen LogP contribution in [0.5, 0.6) is 0 Å². The van der Waals surface area contributed by atoms with Gasteiger partial charge in [0.2, 0.25) is 0 Å². The molecule has 2 aromatic heterocycles. The molecule has 6 nitrogen and oxygen atoms in total. The summed E-state index contributed by atoms with van der Waals surface area (Å²) in [6, 6.07) is 9.40. The maximum absolute atomic E-state index is 13.2. The number of nitrogens with one attached hydrogen (secondary N) is 1. The van der Waals surface area contributed by atoms with Crippen molar-refractivity contribution in [3.63, 3.8) is 0 Å². The monoisotopic (exact) mass is 457 g/mol. The molecule has 3 aromatic rings. The van der Waals surface area contributed by atoms with Gasteiger partial charge in [0, 0.05) is 4.88 Å². The number of hydrogen-bond donors (Lipinski definition) is 1. The smallest absolute Gasteiger partial charge is 0.341 e. The zero-order valence-corrected chi connectivity index (χ0v) is 19.3. The zero-order chi connectivity index (χ0) is 22.1. The number of benzene rings is 1. The van der Waals surface area contributed by atoms with Crippen LogP contribution >= 0.6 is 22.9 Å². The van der Waals surface area contributed by atoms with E-state index in [0.29, 0.717) is 27.7 Å². The number of para-hydroxylation sites is 1. The van der Waals surface area contributed by atoms with Crippen LogP contribution in [0.25, 0.3) is 5.69 Å². The quantitative estimate of drug-likeness (QED) is 0.517. The maximum Gasteiger partial charge on any atom is 0.341 e. The van der Waals surface area contributed by atoms with Crippen molar-refractivity contribution in [2.24, 2.45) is 5.92 Å². The van der Waals surface area contributed by atoms with Crippen LogP contribution in [0.2, 0.25) is 5.15 Å². The third kappa shape index (κ3) is 4.12. The van der Waals surface area contributed by atoms with E-state index in [1.807, 2.05) is 30.3 Å². The lowest BCUT2D eigenvalue weighted by atomic mass is 9.88. The van der Waals surface area contributed by atoms with Gasteiger partial charge in [-0.05, 0) is 56.7 Å². The van der Waals surface area contributed by atoms with Crippen molar-refractivity contribution in [3.05, 3.63) is 62.7 Å². The molecule has 1 N–H and O–H groups in total. The topological polar surface area (TPSA) is 73.2 Å². The molecule has 31 heavy (non-hydrogen) atoms. The zero-order valence-electron chi connectivity index (χ0n) is 17.7. The van der Waals surface area contributed by atoms with Crippen LogP contribution < -0.4 is 5.32 Å². The molecule has 162 valence electrons. The highest BCUT2D eigenvalue weighted by molar-refractivity contribution is 7.17. The van der Waals surface area contributed by atoms with E-state index in [-0.39, 0.29) is 17.7 Å². The molecule has 0 spiro atoms. The Kier molecular flexibility index (Phi) is 6.16. The Bertz CT molecular complexity index is 1140. The van der Waals surface area contributed by atoms with E-state index in [1.165, 1.54) is 11.3 Å². The largest absolute Gasteiger partial charge is 0.462 e. The third-order valence-corrected chi connectivity index (χ3v) is 6.97. The second-order valence-electron chi connectivity index (χ2n) is 7.73. The summed E-state index contributed by atoms with van der Waals surface area (Å²) < 4.78 is 6.83. The van der Waals surface area contributed by atoms with Crippen LogP contribution in [0.3, 0.4) is 0 Å². The Hall–Kier alpha value is -2.64. The molecule has 1 atom stereocenters. The van der Waals surface area contributed by atoms with Crippen molar-refractivity contribution in [3.8, 4) is 5.69 Å². The number of thiophene rings is 1. The SMILES string of the molecule is CCOC(=O)c1c(NC(=O)c2c(C)nn(-c3ccccc3)c2Cl)sc2c1CCC(C)C2. The van der Waals surface area contributed by atoms with Gasteiger partial charge in [-0.25, -0.2) is 9.48 Å². The van der Waals surface area contributed by atoms with Gasteiger partial charge in [0.15, 0.2) is 0 Å². The number of fused-ring (bicyclic) bond motifs is 1. The Labute approximate surface area is 190 Å². The van der Waals surface area contributed by atoms with Crippen LogP contribution in [-0.2, 0) is 17.6 Å². The Morgan fingerprint density at radius 1 is 1.29 bits per heavy atom. The van der Waals surface area contributed by atoms with E-state index in [1.54, 1.807) is 18.5 Å². The highest BCUT2D eigenvalue weighted by Gasteiger charge is 2.30. The molecule has 2 heterocycles. The van der Waals surface area contributed by atoms with Crippen molar-refractivity contribution in [1.29, 1.82) is 0 Å². The van der Waals surface area contributed by atoms with Crippen molar-refractivity contribution in [2.45, 2.75) is 40.0 Å². The summed E-state index contributed by atoms with van der Waals surface area (Å²) in [5.74, 6) is -0.236. The van der Waals surface area contributed by atoms with Crippen LogP contribution in [0.1, 0.15) is 57.1 Å². The number of nitrogens with zero attached hydrogens (tertiary/aromatic N) is 2. The van der Waals surface area contributed by atoms with Gasteiger partial charge in [-0.3, -0.25) is 4.79 Å². The number of esters is 1. The molecule has 1 aliphatic carbocycles. The van der Waals surface area contributed by atoms with E-state index in [0.717, 1.165) is 35.4 Å². The molecule has 1 unspecified atom stereocenters. The Balaban J connectivity index is 1.70. The molecule has 1 amide bonds. The number of halogens is 1. The van der Waals surface area contributed by atoms with Crippen molar-refractivity contribution in [1.82, 2.24) is 9.78 Å². The summed E-state index contributed by atoms with van der Waals surface area (Å²) in [6.07, 6.45) is 2.72. The fraction of sp³-hybridized carbons (Fsp3) is 0.348. The number of aryl methyl sites for hydroxylation is 1. The molecule has 0 aliphatic heterocycles. The molecular formula is C23H24ClN3O3S. The molecule has 0 bridgehead atoms. The lowest BCUT2D eigenvalue weighted by Gasteiger charge is -2.18. The summed E-state index contributed by atoms with van der Waals surface area (Å²) in [6.45, 7) is 6.00. The van der Waals surface area contributed by atoms with Gasteiger partial charge in [-0.15, -0.1) is 11.3 Å². The summed E-state index contributed by atoms with van der Waals surface area (Å²) in [5.41, 5.74) is 3.05. The fourth-order valence-corrected chi connectivity index (χ4v) is 5.67. The molecule has 1 aromatic carbocycles. The average molecular weight is 458 g/mol. The van der Waals surface area contributed by atoms with Gasteiger partial charge in [0.05, 0.1) is 23.6 Å². The minimum Gasteiger partial charge on any atom is -0.462 e. The second-order valence-corrected chi connectivity index (χ2v) is 9.19. The van der Waals surface area contributed by atoms with Crippen LogP contribution in [0, 0.1) is 12.8 Å². The molecule has 0 saturated carbocycles. The van der Waals surface area contributed by atoms with E-state index >= 15 is 0 Å². The summed E-state index contributed by atoms with van der Waals surface area (Å²) >= 11 is 8.00. The molecular weight excluding hydrogens is 434 g/mol. The first-order chi connectivity index (χ1) is 14.9. The minimum absolute atomic E-state index is 0.230. The first-order valence-corrected chi connectivity index (χ1v) is 11.5. The van der Waals surface area contributed by atoms with Crippen LogP contribution in [0.4, 0.5) is 5.00 Å². The normalized spacial score (nSPS) is 15.4. The Morgan fingerprint density at radius 2 is 2.03 bits per heavy atom. The van der Waals surface area contributed by atoms with Crippen molar-refractivity contribution >= 4 is 39.8 Å². The predicted molar refractivity (Wildman–Crippen MR) is 123 cm³/mol. The highest BCUT2D eigenvalue weighted by Crippen LogP contribution is 2.40. The van der Waals surface area contributed by atoms with E-state index < -0.39 is 5.97 Å².